The van der Waals surface area contributed by atoms with Crippen molar-refractivity contribution >= 4 is 20.6 Å². The molecule has 0 bridgehead atoms. The van der Waals surface area contributed by atoms with Gasteiger partial charge in [0.05, 0.1) is 12.0 Å². The molecule has 0 heterocycles. The Kier molecular flexibility index (Phi) is 6.45. The number of benzene rings is 1. The monoisotopic (exact) mass is 310 g/mol. The van der Waals surface area contributed by atoms with Crippen molar-refractivity contribution in [2.75, 3.05) is 6.61 Å². The number of hydrogen-bond donors (Lipinski definition) is 0. The molecule has 0 aromatic heterocycles. The van der Waals surface area contributed by atoms with Crippen molar-refractivity contribution in [3.05, 3.63) is 29.3 Å². The standard InChI is InChI=1S/C16H23ClO2Si/c1-16(2,3)13(9-10-19-20(4)5)12-18-15-8-6-7-14(17)11-15/h6-8,11,13,20H,12H2,1-5H3/t13-/m1/s1. The Morgan fingerprint density at radius 2 is 2.00 bits per heavy atom. The Balaban J connectivity index is 2.68. The average molecular weight is 311 g/mol. The van der Waals surface area contributed by atoms with Gasteiger partial charge in [-0.1, -0.05) is 44.4 Å². The van der Waals surface area contributed by atoms with Gasteiger partial charge in [0.2, 0.25) is 9.04 Å². The smallest absolute Gasteiger partial charge is 0.244 e. The molecule has 0 amide bonds. The highest BCUT2D eigenvalue weighted by atomic mass is 35.5. The quantitative estimate of drug-likeness (QED) is 0.608. The highest BCUT2D eigenvalue weighted by Gasteiger charge is 2.24. The average Bonchev–Trinajstić information content (AvgIpc) is 2.31. The molecule has 0 fully saturated rings. The van der Waals surface area contributed by atoms with Crippen molar-refractivity contribution in [3.63, 3.8) is 0 Å². The maximum Gasteiger partial charge on any atom is 0.244 e. The Morgan fingerprint density at radius 3 is 2.55 bits per heavy atom. The molecule has 0 unspecified atom stereocenters. The fraction of sp³-hybridized carbons (Fsp3) is 0.500. The van der Waals surface area contributed by atoms with E-state index in [0.29, 0.717) is 11.6 Å². The van der Waals surface area contributed by atoms with Crippen molar-refractivity contribution in [2.45, 2.75) is 33.9 Å². The van der Waals surface area contributed by atoms with Gasteiger partial charge in [0, 0.05) is 5.02 Å². The van der Waals surface area contributed by atoms with Crippen LogP contribution in [-0.4, -0.2) is 15.6 Å². The second kappa shape index (κ2) is 7.61. The van der Waals surface area contributed by atoms with Crippen molar-refractivity contribution in [2.24, 2.45) is 11.3 Å². The first kappa shape index (κ1) is 16.9. The van der Waals surface area contributed by atoms with E-state index in [9.17, 15) is 0 Å². The molecule has 1 atom stereocenters. The van der Waals surface area contributed by atoms with Crippen molar-refractivity contribution in [1.82, 2.24) is 0 Å². The van der Waals surface area contributed by atoms with Crippen LogP contribution >= 0.6 is 11.6 Å². The van der Waals surface area contributed by atoms with Gasteiger partial charge >= 0.3 is 0 Å². The predicted octanol–water partition coefficient (Wildman–Crippen LogP) is 4.34. The molecule has 0 saturated heterocycles. The van der Waals surface area contributed by atoms with Crippen LogP contribution < -0.4 is 4.74 Å². The number of halogens is 1. The SMILES string of the molecule is C[SiH](C)OC#C[C@H](COc1cccc(Cl)c1)C(C)(C)C. The van der Waals surface area contributed by atoms with Crippen LogP contribution in [-0.2, 0) is 4.43 Å². The van der Waals surface area contributed by atoms with Crippen molar-refractivity contribution in [3.8, 4) is 17.8 Å². The summed E-state index contributed by atoms with van der Waals surface area (Å²) in [6, 6.07) is 7.42. The van der Waals surface area contributed by atoms with E-state index in [4.69, 9.17) is 20.8 Å². The summed E-state index contributed by atoms with van der Waals surface area (Å²) >= 11 is 5.95. The van der Waals surface area contributed by atoms with Gasteiger partial charge in [-0.25, -0.2) is 0 Å². The van der Waals surface area contributed by atoms with E-state index < -0.39 is 9.04 Å². The Labute approximate surface area is 129 Å². The largest absolute Gasteiger partial charge is 0.505 e. The van der Waals surface area contributed by atoms with E-state index >= 15 is 0 Å². The van der Waals surface area contributed by atoms with E-state index in [0.717, 1.165) is 5.75 Å². The second-order valence-electron chi connectivity index (χ2n) is 6.10. The summed E-state index contributed by atoms with van der Waals surface area (Å²) in [6.07, 6.45) is 2.84. The molecular weight excluding hydrogens is 288 g/mol. The first-order valence-corrected chi connectivity index (χ1v) is 9.99. The van der Waals surface area contributed by atoms with Crippen LogP contribution in [0.15, 0.2) is 24.3 Å². The molecule has 2 nitrogen and oxygen atoms in total. The van der Waals surface area contributed by atoms with Gasteiger partial charge in [-0.2, -0.15) is 0 Å². The topological polar surface area (TPSA) is 18.5 Å². The lowest BCUT2D eigenvalue weighted by Crippen LogP contribution is -2.25. The Bertz CT molecular complexity index is 483. The van der Waals surface area contributed by atoms with Crippen molar-refractivity contribution in [1.29, 1.82) is 0 Å². The molecule has 20 heavy (non-hydrogen) atoms. The van der Waals surface area contributed by atoms with Gasteiger partial charge in [-0.15, -0.1) is 0 Å². The lowest BCUT2D eigenvalue weighted by atomic mass is 9.82. The zero-order chi connectivity index (χ0) is 15.2. The molecule has 1 rings (SSSR count). The van der Waals surface area contributed by atoms with Gasteiger partial charge in [-0.3, -0.25) is 0 Å². The van der Waals surface area contributed by atoms with Gasteiger partial charge in [-0.05, 0) is 36.7 Å². The maximum absolute atomic E-state index is 5.95. The number of hydrogen-bond acceptors (Lipinski definition) is 2. The van der Waals surface area contributed by atoms with Crippen LogP contribution in [0.3, 0.4) is 0 Å². The molecule has 0 aliphatic rings. The Morgan fingerprint density at radius 1 is 1.30 bits per heavy atom. The minimum Gasteiger partial charge on any atom is -0.505 e. The lowest BCUT2D eigenvalue weighted by Gasteiger charge is -2.26. The van der Waals surface area contributed by atoms with Gasteiger partial charge < -0.3 is 9.16 Å². The Hall–Kier alpha value is -1.11. The summed E-state index contributed by atoms with van der Waals surface area (Å²) in [5.41, 5.74) is 0.0352. The minimum absolute atomic E-state index is 0.0352. The molecule has 1 aromatic carbocycles. The van der Waals surface area contributed by atoms with E-state index in [-0.39, 0.29) is 11.3 Å². The zero-order valence-electron chi connectivity index (χ0n) is 12.9. The van der Waals surface area contributed by atoms with Gasteiger partial charge in [0.15, 0.2) is 0 Å². The lowest BCUT2D eigenvalue weighted by molar-refractivity contribution is 0.189. The minimum atomic E-state index is -1.10. The predicted molar refractivity (Wildman–Crippen MR) is 87.6 cm³/mol. The summed E-state index contributed by atoms with van der Waals surface area (Å²) in [5.74, 6) is 4.06. The summed E-state index contributed by atoms with van der Waals surface area (Å²) in [7, 11) is -1.10. The van der Waals surface area contributed by atoms with Crippen LogP contribution in [0.25, 0.3) is 0 Å². The van der Waals surface area contributed by atoms with Gasteiger partial charge in [0.1, 0.15) is 12.4 Å². The summed E-state index contributed by atoms with van der Waals surface area (Å²) in [4.78, 5) is 0. The first-order chi connectivity index (χ1) is 9.29. The van der Waals surface area contributed by atoms with Crippen LogP contribution in [0, 0.1) is 23.4 Å². The van der Waals surface area contributed by atoms with Crippen LogP contribution in [0.1, 0.15) is 20.8 Å². The molecule has 0 N–H and O–H groups in total. The van der Waals surface area contributed by atoms with E-state index in [1.807, 2.05) is 24.3 Å². The summed E-state index contributed by atoms with van der Waals surface area (Å²) in [6.45, 7) is 11.2. The summed E-state index contributed by atoms with van der Waals surface area (Å²) in [5, 5.41) is 0.676. The van der Waals surface area contributed by atoms with E-state index in [1.165, 1.54) is 0 Å². The third kappa shape index (κ3) is 6.36. The molecule has 110 valence electrons. The molecular formula is C16H23ClO2Si. The molecule has 0 aliphatic carbocycles. The molecule has 1 aromatic rings. The normalized spacial score (nSPS) is 12.6. The molecule has 0 saturated carbocycles. The highest BCUT2D eigenvalue weighted by molar-refractivity contribution is 6.48. The fourth-order valence-electron chi connectivity index (χ4n) is 1.47. The molecule has 4 heteroatoms. The third-order valence-corrected chi connectivity index (χ3v) is 3.61. The molecule has 0 aliphatic heterocycles. The maximum atomic E-state index is 5.95. The fourth-order valence-corrected chi connectivity index (χ4v) is 1.95. The van der Waals surface area contributed by atoms with Crippen LogP contribution in [0.4, 0.5) is 0 Å². The number of ether oxygens (including phenoxy) is 1. The first-order valence-electron chi connectivity index (χ1n) is 6.83. The molecule has 0 spiro atoms. The van der Waals surface area contributed by atoms with E-state index in [1.54, 1.807) is 0 Å². The third-order valence-electron chi connectivity index (χ3n) is 2.79. The van der Waals surface area contributed by atoms with E-state index in [2.05, 4.69) is 45.9 Å². The zero-order valence-corrected chi connectivity index (χ0v) is 14.8. The number of rotatable bonds is 4. The highest BCUT2D eigenvalue weighted by Crippen LogP contribution is 2.27. The molecule has 0 radical (unpaired) electrons. The summed E-state index contributed by atoms with van der Waals surface area (Å²) < 4.78 is 11.2. The van der Waals surface area contributed by atoms with Crippen molar-refractivity contribution < 1.29 is 9.16 Å². The van der Waals surface area contributed by atoms with Crippen LogP contribution in [0.5, 0.6) is 5.75 Å². The van der Waals surface area contributed by atoms with Gasteiger partial charge in [0.25, 0.3) is 0 Å². The van der Waals surface area contributed by atoms with Crippen LogP contribution in [0.2, 0.25) is 18.1 Å². The second-order valence-corrected chi connectivity index (χ2v) is 8.87.